The third kappa shape index (κ3) is 4.18. The number of amides is 1. The van der Waals surface area contributed by atoms with Crippen LogP contribution in [0, 0.1) is 6.92 Å². The molecule has 0 spiro atoms. The van der Waals surface area contributed by atoms with Crippen molar-refractivity contribution in [2.24, 2.45) is 0 Å². The Morgan fingerprint density at radius 3 is 2.67 bits per heavy atom. The molecule has 0 aliphatic rings. The van der Waals surface area contributed by atoms with Crippen molar-refractivity contribution in [3.63, 3.8) is 0 Å². The maximum Gasteiger partial charge on any atom is 0.259 e. The summed E-state index contributed by atoms with van der Waals surface area (Å²) in [4.78, 5) is 26.4. The first-order valence-electron chi connectivity index (χ1n) is 10.3. The fourth-order valence-electron chi connectivity index (χ4n) is 3.69. The Bertz CT molecular complexity index is 1460. The smallest absolute Gasteiger partial charge is 0.259 e. The zero-order chi connectivity index (χ0) is 22.8. The number of carbonyl (C=O) groups is 1. The second-order valence-electron chi connectivity index (χ2n) is 7.47. The van der Waals surface area contributed by atoms with Crippen LogP contribution in [0.3, 0.4) is 0 Å². The highest BCUT2D eigenvalue weighted by molar-refractivity contribution is 7.22. The molecule has 3 heterocycles. The van der Waals surface area contributed by atoms with Gasteiger partial charge in [-0.1, -0.05) is 41.7 Å². The lowest BCUT2D eigenvalue weighted by atomic mass is 9.99. The number of carbonyl (C=O) groups excluding carboxylic acids is 1. The molecule has 2 aromatic carbocycles. The van der Waals surface area contributed by atoms with Gasteiger partial charge in [-0.05, 0) is 42.8 Å². The van der Waals surface area contributed by atoms with Crippen LogP contribution in [0.15, 0.2) is 79.3 Å². The van der Waals surface area contributed by atoms with Gasteiger partial charge in [-0.2, -0.15) is 0 Å². The monoisotopic (exact) mass is 452 g/mol. The van der Waals surface area contributed by atoms with E-state index in [1.54, 1.807) is 19.5 Å². The molecule has 0 unspecified atom stereocenters. The highest BCUT2D eigenvalue weighted by atomic mass is 32.1. The summed E-state index contributed by atoms with van der Waals surface area (Å²) < 4.78 is 6.50. The van der Waals surface area contributed by atoms with Gasteiger partial charge in [0.2, 0.25) is 0 Å². The van der Waals surface area contributed by atoms with E-state index in [4.69, 9.17) is 4.74 Å². The molecule has 3 aromatic heterocycles. The summed E-state index contributed by atoms with van der Waals surface area (Å²) in [6.07, 6.45) is 5.18. The summed E-state index contributed by atoms with van der Waals surface area (Å²) in [6.45, 7) is 1.90. The van der Waals surface area contributed by atoms with E-state index in [0.717, 1.165) is 38.2 Å². The fraction of sp³-hybridized carbons (Fsp3) is 0.0769. The van der Waals surface area contributed by atoms with Crippen LogP contribution in [-0.4, -0.2) is 28.0 Å². The van der Waals surface area contributed by atoms with Gasteiger partial charge >= 0.3 is 0 Å². The van der Waals surface area contributed by atoms with E-state index in [1.165, 1.54) is 11.3 Å². The van der Waals surface area contributed by atoms with Crippen LogP contribution in [-0.2, 0) is 0 Å². The van der Waals surface area contributed by atoms with Gasteiger partial charge in [-0.15, -0.1) is 0 Å². The van der Waals surface area contributed by atoms with Gasteiger partial charge in [0, 0.05) is 41.0 Å². The number of rotatable bonds is 5. The maximum atomic E-state index is 13.3. The zero-order valence-electron chi connectivity index (χ0n) is 18.1. The average molecular weight is 453 g/mol. The molecule has 0 radical (unpaired) electrons. The molecule has 33 heavy (non-hydrogen) atoms. The van der Waals surface area contributed by atoms with Gasteiger partial charge in [-0.25, -0.2) is 4.98 Å². The minimum absolute atomic E-state index is 0.269. The molecule has 7 heteroatoms. The number of nitrogens with zero attached hydrogens (tertiary/aromatic N) is 3. The quantitative estimate of drug-likeness (QED) is 0.354. The van der Waals surface area contributed by atoms with Crippen molar-refractivity contribution in [3.05, 3.63) is 90.5 Å². The number of hydrogen-bond donors (Lipinski definition) is 1. The van der Waals surface area contributed by atoms with Gasteiger partial charge < -0.3 is 4.74 Å². The Balaban J connectivity index is 1.48. The fourth-order valence-corrected chi connectivity index (χ4v) is 4.59. The first-order valence-corrected chi connectivity index (χ1v) is 11.2. The van der Waals surface area contributed by atoms with Crippen molar-refractivity contribution in [3.8, 4) is 28.0 Å². The molecule has 0 saturated carbocycles. The number of thiazole rings is 1. The van der Waals surface area contributed by atoms with Crippen LogP contribution in [0.4, 0.5) is 5.13 Å². The number of aryl methyl sites for hydroxylation is 1. The number of fused-ring (bicyclic) bond motifs is 1. The molecule has 0 aliphatic carbocycles. The Morgan fingerprint density at radius 2 is 1.85 bits per heavy atom. The van der Waals surface area contributed by atoms with E-state index in [-0.39, 0.29) is 5.91 Å². The number of methoxy groups -OCH3 is 1. The van der Waals surface area contributed by atoms with Gasteiger partial charge in [0.1, 0.15) is 5.75 Å². The van der Waals surface area contributed by atoms with Gasteiger partial charge in [-0.3, -0.25) is 20.1 Å². The van der Waals surface area contributed by atoms with Gasteiger partial charge in [0.25, 0.3) is 5.91 Å². The van der Waals surface area contributed by atoms with Crippen LogP contribution < -0.4 is 10.1 Å². The van der Waals surface area contributed by atoms with E-state index in [9.17, 15) is 4.79 Å². The summed E-state index contributed by atoms with van der Waals surface area (Å²) >= 11 is 1.43. The molecule has 0 atom stereocenters. The van der Waals surface area contributed by atoms with Crippen molar-refractivity contribution >= 4 is 32.6 Å². The summed E-state index contributed by atoms with van der Waals surface area (Å²) in [5.74, 6) is 0.426. The van der Waals surface area contributed by atoms with Crippen LogP contribution in [0.25, 0.3) is 32.5 Å². The normalized spacial score (nSPS) is 10.8. The predicted molar refractivity (Wildman–Crippen MR) is 132 cm³/mol. The SMILES string of the molecule is COc1ccccc1-c1cc(C)ncc1C(=O)Nc1nc2ccc(-c3cccnc3)cc2s1. The third-order valence-electron chi connectivity index (χ3n) is 5.29. The average Bonchev–Trinajstić information content (AvgIpc) is 3.25. The van der Waals surface area contributed by atoms with Crippen molar-refractivity contribution < 1.29 is 9.53 Å². The number of para-hydroxylation sites is 1. The van der Waals surface area contributed by atoms with E-state index in [2.05, 4.69) is 26.3 Å². The number of pyridine rings is 2. The largest absolute Gasteiger partial charge is 0.496 e. The molecule has 0 bridgehead atoms. The van der Waals surface area contributed by atoms with Crippen molar-refractivity contribution in [2.45, 2.75) is 6.92 Å². The number of benzene rings is 2. The molecule has 0 saturated heterocycles. The molecule has 1 N–H and O–H groups in total. The standard InChI is InChI=1S/C26H20N4O2S/c1-16-12-20(19-7-3-4-8-23(19)32-2)21(15-28-16)25(31)30-26-29-22-10-9-17(13-24(22)33-26)18-6-5-11-27-14-18/h3-15H,1-2H3,(H,29,30,31). The molecule has 1 amide bonds. The number of ether oxygens (including phenoxy) is 1. The number of nitrogens with one attached hydrogen (secondary N) is 1. The Morgan fingerprint density at radius 1 is 0.970 bits per heavy atom. The maximum absolute atomic E-state index is 13.3. The van der Waals surface area contributed by atoms with E-state index >= 15 is 0 Å². The van der Waals surface area contributed by atoms with Crippen LogP contribution >= 0.6 is 11.3 Å². The van der Waals surface area contributed by atoms with Crippen LogP contribution in [0.1, 0.15) is 16.1 Å². The predicted octanol–water partition coefficient (Wildman–Crippen LogP) is 5.99. The van der Waals surface area contributed by atoms with Gasteiger partial charge in [0.15, 0.2) is 5.13 Å². The summed E-state index contributed by atoms with van der Waals surface area (Å²) in [7, 11) is 1.62. The first kappa shape index (κ1) is 20.8. The topological polar surface area (TPSA) is 77.0 Å². The molecule has 162 valence electrons. The second-order valence-corrected chi connectivity index (χ2v) is 8.50. The molecular formula is C26H20N4O2S. The molecule has 6 nitrogen and oxygen atoms in total. The Kier molecular flexibility index (Phi) is 5.54. The third-order valence-corrected chi connectivity index (χ3v) is 6.22. The second kappa shape index (κ2) is 8.80. The highest BCUT2D eigenvalue weighted by Crippen LogP contribution is 2.34. The Hall–Kier alpha value is -4.10. The van der Waals surface area contributed by atoms with E-state index in [0.29, 0.717) is 16.4 Å². The zero-order valence-corrected chi connectivity index (χ0v) is 18.9. The Labute approximate surface area is 195 Å². The van der Waals surface area contributed by atoms with Crippen molar-refractivity contribution in [2.75, 3.05) is 12.4 Å². The van der Waals surface area contributed by atoms with E-state index in [1.807, 2.05) is 67.7 Å². The highest BCUT2D eigenvalue weighted by Gasteiger charge is 2.18. The van der Waals surface area contributed by atoms with Crippen LogP contribution in [0.2, 0.25) is 0 Å². The van der Waals surface area contributed by atoms with Crippen molar-refractivity contribution in [1.29, 1.82) is 0 Å². The molecule has 0 aliphatic heterocycles. The lowest BCUT2D eigenvalue weighted by molar-refractivity contribution is 0.102. The molecular weight excluding hydrogens is 432 g/mol. The molecule has 0 fully saturated rings. The lowest BCUT2D eigenvalue weighted by Crippen LogP contribution is -2.14. The molecule has 5 aromatic rings. The number of anilines is 1. The van der Waals surface area contributed by atoms with Crippen LogP contribution in [0.5, 0.6) is 5.75 Å². The summed E-state index contributed by atoms with van der Waals surface area (Å²) in [5.41, 5.74) is 5.79. The van der Waals surface area contributed by atoms with Gasteiger partial charge in [0.05, 0.1) is 22.9 Å². The summed E-state index contributed by atoms with van der Waals surface area (Å²) in [6, 6.07) is 19.5. The lowest BCUT2D eigenvalue weighted by Gasteiger charge is -2.13. The number of hydrogen-bond acceptors (Lipinski definition) is 6. The summed E-state index contributed by atoms with van der Waals surface area (Å²) in [5, 5.41) is 3.48. The molecule has 5 rings (SSSR count). The minimum atomic E-state index is -0.269. The van der Waals surface area contributed by atoms with Crippen molar-refractivity contribution in [1.82, 2.24) is 15.0 Å². The minimum Gasteiger partial charge on any atom is -0.496 e. The number of aromatic nitrogens is 3. The first-order chi connectivity index (χ1) is 16.1. The van der Waals surface area contributed by atoms with E-state index < -0.39 is 0 Å².